The minimum atomic E-state index is -3.71. The molecular formula is C14H17FN4O2S. The monoisotopic (exact) mass is 324 g/mol. The molecule has 6 nitrogen and oxygen atoms in total. The Labute approximate surface area is 128 Å². The number of rotatable bonds is 3. The molecule has 3 rings (SSSR count). The summed E-state index contributed by atoms with van der Waals surface area (Å²) in [6, 6.07) is 5.60. The van der Waals surface area contributed by atoms with E-state index >= 15 is 0 Å². The second-order valence-corrected chi connectivity index (χ2v) is 7.11. The molecule has 0 saturated carbocycles. The molecule has 0 amide bonds. The molecule has 0 bridgehead atoms. The first kappa shape index (κ1) is 15.1. The minimum absolute atomic E-state index is 0.0123. The topological polar surface area (TPSA) is 67.2 Å². The van der Waals surface area contributed by atoms with Crippen LogP contribution in [0.4, 0.5) is 4.39 Å². The third-order valence-corrected chi connectivity index (χ3v) is 5.48. The molecule has 1 saturated heterocycles. The highest BCUT2D eigenvalue weighted by atomic mass is 32.2. The standard InChI is InChI=1S/C14H17FN4O2S/c1-18-9-14(17-10-18)22(20,21)19-6-5-16-8-13(19)11-3-2-4-12(15)7-11/h2-4,7,9-10,13,16H,5-6,8H2,1H3. The molecule has 1 aromatic heterocycles. The van der Waals surface area contributed by atoms with Crippen molar-refractivity contribution in [1.29, 1.82) is 0 Å². The van der Waals surface area contributed by atoms with Gasteiger partial charge in [0.15, 0.2) is 5.03 Å². The van der Waals surface area contributed by atoms with Gasteiger partial charge in [-0.1, -0.05) is 12.1 Å². The fraction of sp³-hybridized carbons (Fsp3) is 0.357. The summed E-state index contributed by atoms with van der Waals surface area (Å²) in [5.74, 6) is -0.377. The van der Waals surface area contributed by atoms with Gasteiger partial charge in [-0.2, -0.15) is 4.31 Å². The first-order chi connectivity index (χ1) is 10.5. The third-order valence-electron chi connectivity index (χ3n) is 3.68. The van der Waals surface area contributed by atoms with E-state index in [-0.39, 0.29) is 10.8 Å². The summed E-state index contributed by atoms with van der Waals surface area (Å²) in [6.45, 7) is 1.31. The second-order valence-electron chi connectivity index (χ2n) is 5.27. The second kappa shape index (κ2) is 5.79. The van der Waals surface area contributed by atoms with E-state index in [1.165, 1.54) is 29.0 Å². The van der Waals surface area contributed by atoms with Crippen molar-refractivity contribution in [3.63, 3.8) is 0 Å². The van der Waals surface area contributed by atoms with Crippen molar-refractivity contribution in [2.75, 3.05) is 19.6 Å². The minimum Gasteiger partial charge on any atom is -0.339 e. The molecule has 1 fully saturated rings. The maximum Gasteiger partial charge on any atom is 0.262 e. The summed E-state index contributed by atoms with van der Waals surface area (Å²) in [6.07, 6.45) is 2.92. The van der Waals surface area contributed by atoms with Crippen molar-refractivity contribution in [3.8, 4) is 0 Å². The maximum atomic E-state index is 13.5. The van der Waals surface area contributed by atoms with Crippen LogP contribution in [0.25, 0.3) is 0 Å². The molecule has 118 valence electrons. The first-order valence-electron chi connectivity index (χ1n) is 6.94. The highest BCUT2D eigenvalue weighted by Crippen LogP contribution is 2.28. The Bertz CT molecular complexity index is 775. The van der Waals surface area contributed by atoms with Crippen LogP contribution in [0.5, 0.6) is 0 Å². The number of sulfonamides is 1. The van der Waals surface area contributed by atoms with Gasteiger partial charge in [-0.05, 0) is 17.7 Å². The van der Waals surface area contributed by atoms with Crippen LogP contribution in [0.1, 0.15) is 11.6 Å². The zero-order chi connectivity index (χ0) is 15.7. The Kier molecular flexibility index (Phi) is 3.98. The van der Waals surface area contributed by atoms with Crippen molar-refractivity contribution in [1.82, 2.24) is 19.2 Å². The molecule has 1 aliphatic rings. The number of imidazole rings is 1. The molecule has 0 aliphatic carbocycles. The van der Waals surface area contributed by atoms with Crippen LogP contribution in [0, 0.1) is 5.82 Å². The van der Waals surface area contributed by atoms with Gasteiger partial charge >= 0.3 is 0 Å². The lowest BCUT2D eigenvalue weighted by Crippen LogP contribution is -2.48. The van der Waals surface area contributed by atoms with E-state index in [0.717, 1.165) is 0 Å². The quantitative estimate of drug-likeness (QED) is 0.911. The Hall–Kier alpha value is -1.77. The molecule has 1 aliphatic heterocycles. The van der Waals surface area contributed by atoms with Crippen LogP contribution < -0.4 is 5.32 Å². The van der Waals surface area contributed by atoms with Gasteiger partial charge in [0, 0.05) is 32.9 Å². The molecule has 2 aromatic rings. The average molecular weight is 324 g/mol. The summed E-state index contributed by atoms with van der Waals surface area (Å²) >= 11 is 0. The van der Waals surface area contributed by atoms with Crippen molar-refractivity contribution in [2.45, 2.75) is 11.1 Å². The molecule has 1 N–H and O–H groups in total. The number of hydrogen-bond donors (Lipinski definition) is 1. The predicted molar refractivity (Wildman–Crippen MR) is 79.1 cm³/mol. The lowest BCUT2D eigenvalue weighted by atomic mass is 10.1. The van der Waals surface area contributed by atoms with Crippen molar-refractivity contribution in [3.05, 3.63) is 48.2 Å². The number of aryl methyl sites for hydroxylation is 1. The number of halogens is 1. The van der Waals surface area contributed by atoms with E-state index < -0.39 is 16.1 Å². The Morgan fingerprint density at radius 1 is 1.41 bits per heavy atom. The summed E-state index contributed by atoms with van der Waals surface area (Å²) in [5.41, 5.74) is 0.631. The van der Waals surface area contributed by atoms with E-state index in [1.54, 1.807) is 23.7 Å². The van der Waals surface area contributed by atoms with Crippen LogP contribution in [0.2, 0.25) is 0 Å². The summed E-state index contributed by atoms with van der Waals surface area (Å²) in [7, 11) is -2.00. The summed E-state index contributed by atoms with van der Waals surface area (Å²) in [5, 5.41) is 3.17. The third kappa shape index (κ3) is 2.77. The molecule has 0 spiro atoms. The van der Waals surface area contributed by atoms with Crippen LogP contribution in [-0.4, -0.2) is 41.9 Å². The number of benzene rings is 1. The Morgan fingerprint density at radius 2 is 2.23 bits per heavy atom. The smallest absolute Gasteiger partial charge is 0.262 e. The zero-order valence-electron chi connectivity index (χ0n) is 12.1. The van der Waals surface area contributed by atoms with Crippen LogP contribution >= 0.6 is 0 Å². The van der Waals surface area contributed by atoms with Crippen LogP contribution in [0.15, 0.2) is 41.8 Å². The van der Waals surface area contributed by atoms with Gasteiger partial charge in [0.05, 0.1) is 12.4 Å². The molecule has 2 heterocycles. The average Bonchev–Trinajstić information content (AvgIpc) is 2.95. The largest absolute Gasteiger partial charge is 0.339 e. The number of hydrogen-bond acceptors (Lipinski definition) is 4. The van der Waals surface area contributed by atoms with Gasteiger partial charge in [-0.25, -0.2) is 17.8 Å². The van der Waals surface area contributed by atoms with Gasteiger partial charge in [0.1, 0.15) is 5.82 Å². The summed E-state index contributed by atoms with van der Waals surface area (Å²) < 4.78 is 42.0. The molecular weight excluding hydrogens is 307 g/mol. The lowest BCUT2D eigenvalue weighted by Gasteiger charge is -2.34. The highest BCUT2D eigenvalue weighted by molar-refractivity contribution is 7.89. The van der Waals surface area contributed by atoms with Gasteiger partial charge in [0.2, 0.25) is 0 Å². The number of nitrogens with one attached hydrogen (secondary N) is 1. The Morgan fingerprint density at radius 3 is 2.91 bits per heavy atom. The normalized spacial score (nSPS) is 20.2. The van der Waals surface area contributed by atoms with Crippen molar-refractivity contribution in [2.24, 2.45) is 7.05 Å². The van der Waals surface area contributed by atoms with Gasteiger partial charge in [0.25, 0.3) is 10.0 Å². The summed E-state index contributed by atoms with van der Waals surface area (Å²) in [4.78, 5) is 3.95. The van der Waals surface area contributed by atoms with E-state index in [4.69, 9.17) is 0 Å². The number of piperazine rings is 1. The van der Waals surface area contributed by atoms with Crippen molar-refractivity contribution >= 4 is 10.0 Å². The molecule has 22 heavy (non-hydrogen) atoms. The van der Waals surface area contributed by atoms with E-state index in [9.17, 15) is 12.8 Å². The van der Waals surface area contributed by atoms with Gasteiger partial charge < -0.3 is 9.88 Å². The van der Waals surface area contributed by atoms with Gasteiger partial charge in [-0.15, -0.1) is 0 Å². The number of nitrogens with zero attached hydrogens (tertiary/aromatic N) is 3. The van der Waals surface area contributed by atoms with Crippen molar-refractivity contribution < 1.29 is 12.8 Å². The molecule has 1 unspecified atom stereocenters. The van der Waals surface area contributed by atoms with Gasteiger partial charge in [-0.3, -0.25) is 0 Å². The van der Waals surface area contributed by atoms with Crippen LogP contribution in [0.3, 0.4) is 0 Å². The Balaban J connectivity index is 1.99. The van der Waals surface area contributed by atoms with Crippen LogP contribution in [-0.2, 0) is 17.1 Å². The molecule has 1 atom stereocenters. The first-order valence-corrected chi connectivity index (χ1v) is 8.38. The number of aromatic nitrogens is 2. The molecule has 1 aromatic carbocycles. The predicted octanol–water partition coefficient (Wildman–Crippen LogP) is 0.894. The van der Waals surface area contributed by atoms with E-state index in [2.05, 4.69) is 10.3 Å². The maximum absolute atomic E-state index is 13.5. The lowest BCUT2D eigenvalue weighted by molar-refractivity contribution is 0.270. The fourth-order valence-electron chi connectivity index (χ4n) is 2.61. The highest BCUT2D eigenvalue weighted by Gasteiger charge is 2.35. The molecule has 8 heteroatoms. The fourth-order valence-corrected chi connectivity index (χ4v) is 4.20. The SMILES string of the molecule is Cn1cnc(S(=O)(=O)N2CCNCC2c2cccc(F)c2)c1. The van der Waals surface area contributed by atoms with E-state index in [0.29, 0.717) is 25.2 Å². The molecule has 0 radical (unpaired) electrons. The zero-order valence-corrected chi connectivity index (χ0v) is 12.9. The van der Waals surface area contributed by atoms with E-state index in [1.807, 2.05) is 0 Å².